The second-order valence-electron chi connectivity index (χ2n) is 5.95. The minimum Gasteiger partial charge on any atom is -0.455 e. The fraction of sp³-hybridized carbons (Fsp3) is 0.667. The Morgan fingerprint density at radius 2 is 2.37 bits per heavy atom. The van der Waals surface area contributed by atoms with Crippen LogP contribution in [-0.4, -0.2) is 35.5 Å². The number of ether oxygens (including phenoxy) is 2. The Balaban J connectivity index is 1.86. The molecule has 0 bridgehead atoms. The largest absolute Gasteiger partial charge is 0.455 e. The van der Waals surface area contributed by atoms with Crippen molar-refractivity contribution in [3.05, 3.63) is 23.8 Å². The maximum Gasteiger partial charge on any atom is 0.334 e. The van der Waals surface area contributed by atoms with Crippen molar-refractivity contribution in [1.82, 2.24) is 0 Å². The highest BCUT2D eigenvalue weighted by Gasteiger charge is 2.61. The second kappa shape index (κ2) is 4.46. The van der Waals surface area contributed by atoms with Gasteiger partial charge < -0.3 is 14.6 Å². The molecule has 2 fully saturated rings. The first-order valence-corrected chi connectivity index (χ1v) is 6.91. The van der Waals surface area contributed by atoms with Gasteiger partial charge in [-0.1, -0.05) is 12.7 Å². The first kappa shape index (κ1) is 12.9. The Morgan fingerprint density at radius 1 is 1.58 bits per heavy atom. The van der Waals surface area contributed by atoms with Crippen molar-refractivity contribution in [2.75, 3.05) is 6.61 Å². The number of carbonyl (C=O) groups is 1. The summed E-state index contributed by atoms with van der Waals surface area (Å²) in [7, 11) is 0. The van der Waals surface area contributed by atoms with Crippen LogP contribution in [0.4, 0.5) is 0 Å². The van der Waals surface area contributed by atoms with Crippen molar-refractivity contribution in [3.63, 3.8) is 0 Å². The van der Waals surface area contributed by atoms with E-state index in [1.807, 2.05) is 0 Å². The lowest BCUT2D eigenvalue weighted by atomic mass is 9.84. The first-order chi connectivity index (χ1) is 9.05. The molecule has 1 N–H and O–H groups in total. The Labute approximate surface area is 113 Å². The molecule has 0 unspecified atom stereocenters. The number of epoxide rings is 1. The highest BCUT2D eigenvalue weighted by Crippen LogP contribution is 2.49. The maximum atomic E-state index is 11.7. The molecular weight excluding hydrogens is 244 g/mol. The van der Waals surface area contributed by atoms with Crippen LogP contribution in [-0.2, 0) is 14.3 Å². The smallest absolute Gasteiger partial charge is 0.334 e. The number of hydrogen-bond donors (Lipinski definition) is 1. The summed E-state index contributed by atoms with van der Waals surface area (Å²) in [5, 5.41) is 9.35. The van der Waals surface area contributed by atoms with Crippen LogP contribution in [0.1, 0.15) is 32.6 Å². The monoisotopic (exact) mass is 264 g/mol. The molecule has 0 aromatic rings. The summed E-state index contributed by atoms with van der Waals surface area (Å²) in [4.78, 5) is 11.7. The Morgan fingerprint density at radius 3 is 3.11 bits per heavy atom. The second-order valence-corrected chi connectivity index (χ2v) is 5.95. The van der Waals surface area contributed by atoms with E-state index in [1.54, 1.807) is 0 Å². The molecule has 0 aromatic heterocycles. The SMILES string of the molecule is C=C1C(=O)O[C@H]2[C@H]1CCC(CO)=CCC[C@]1(C)O[C@@H]21. The Bertz CT molecular complexity index is 453. The summed E-state index contributed by atoms with van der Waals surface area (Å²) >= 11 is 0. The molecule has 19 heavy (non-hydrogen) atoms. The zero-order chi connectivity index (χ0) is 13.6. The van der Waals surface area contributed by atoms with Crippen LogP contribution < -0.4 is 0 Å². The molecule has 2 aliphatic heterocycles. The van der Waals surface area contributed by atoms with Gasteiger partial charge in [0.05, 0.1) is 12.2 Å². The van der Waals surface area contributed by atoms with Crippen molar-refractivity contribution in [2.24, 2.45) is 5.92 Å². The molecule has 1 aliphatic carbocycles. The molecule has 4 heteroatoms. The molecule has 0 amide bonds. The van der Waals surface area contributed by atoms with Gasteiger partial charge >= 0.3 is 5.97 Å². The molecule has 0 radical (unpaired) electrons. The first-order valence-electron chi connectivity index (χ1n) is 6.91. The van der Waals surface area contributed by atoms with Crippen molar-refractivity contribution < 1.29 is 19.4 Å². The summed E-state index contributed by atoms with van der Waals surface area (Å²) in [5.41, 5.74) is 1.40. The molecular formula is C15H20O4. The molecule has 3 rings (SSSR count). The number of carbonyl (C=O) groups excluding carboxylic acids is 1. The fourth-order valence-corrected chi connectivity index (χ4v) is 3.26. The van der Waals surface area contributed by atoms with E-state index in [1.165, 1.54) is 0 Å². The average Bonchev–Trinajstić information content (AvgIpc) is 2.97. The van der Waals surface area contributed by atoms with Crippen molar-refractivity contribution >= 4 is 5.97 Å². The summed E-state index contributed by atoms with van der Waals surface area (Å²) in [5.74, 6) is -0.269. The summed E-state index contributed by atoms with van der Waals surface area (Å²) in [6.45, 7) is 6.01. The number of esters is 1. The molecule has 0 saturated carbocycles. The number of rotatable bonds is 1. The van der Waals surface area contributed by atoms with Crippen LogP contribution >= 0.6 is 0 Å². The van der Waals surface area contributed by atoms with Crippen LogP contribution in [0.25, 0.3) is 0 Å². The molecule has 3 aliphatic rings. The van der Waals surface area contributed by atoms with E-state index in [2.05, 4.69) is 19.6 Å². The van der Waals surface area contributed by atoms with E-state index >= 15 is 0 Å². The van der Waals surface area contributed by atoms with Crippen molar-refractivity contribution in [3.8, 4) is 0 Å². The van der Waals surface area contributed by atoms with Gasteiger partial charge in [0.1, 0.15) is 12.2 Å². The van der Waals surface area contributed by atoms with Gasteiger partial charge in [-0.2, -0.15) is 0 Å². The third-order valence-corrected chi connectivity index (χ3v) is 4.64. The highest BCUT2D eigenvalue weighted by atomic mass is 16.6. The lowest BCUT2D eigenvalue weighted by Gasteiger charge is -2.19. The van der Waals surface area contributed by atoms with Gasteiger partial charge in [0.2, 0.25) is 0 Å². The zero-order valence-electron chi connectivity index (χ0n) is 11.2. The van der Waals surface area contributed by atoms with Gasteiger partial charge in [-0.05, 0) is 38.2 Å². The molecule has 2 saturated heterocycles. The van der Waals surface area contributed by atoms with E-state index in [-0.39, 0.29) is 36.3 Å². The predicted molar refractivity (Wildman–Crippen MR) is 69.4 cm³/mol. The third-order valence-electron chi connectivity index (χ3n) is 4.64. The van der Waals surface area contributed by atoms with Gasteiger partial charge in [0.15, 0.2) is 0 Å². The third kappa shape index (κ3) is 2.13. The number of allylic oxidation sites excluding steroid dienone is 1. The van der Waals surface area contributed by atoms with Crippen LogP contribution in [0, 0.1) is 5.92 Å². The summed E-state index contributed by atoms with van der Waals surface area (Å²) in [6.07, 6.45) is 5.29. The van der Waals surface area contributed by atoms with Gasteiger partial charge in [0, 0.05) is 11.5 Å². The summed E-state index contributed by atoms with van der Waals surface area (Å²) < 4.78 is 11.3. The molecule has 0 aromatic carbocycles. The Kier molecular flexibility index (Phi) is 3.02. The summed E-state index contributed by atoms with van der Waals surface area (Å²) in [6, 6.07) is 0. The molecule has 2 heterocycles. The van der Waals surface area contributed by atoms with E-state index in [0.717, 1.165) is 31.3 Å². The Hall–Kier alpha value is -1.13. The minimum atomic E-state index is -0.290. The minimum absolute atomic E-state index is 0.00442. The number of fused-ring (bicyclic) bond motifs is 3. The standard InChI is InChI=1S/C15H20O4/c1-9-11-6-5-10(8-16)4-3-7-15(2)13(19-15)12(11)18-14(9)17/h4,11-13,16H,1,3,5-8H2,2H3/t11-,12-,13-,15-/m0/s1. The number of hydrogen-bond acceptors (Lipinski definition) is 4. The average molecular weight is 264 g/mol. The number of aliphatic hydroxyl groups excluding tert-OH is 1. The van der Waals surface area contributed by atoms with Crippen LogP contribution in [0.5, 0.6) is 0 Å². The fourth-order valence-electron chi connectivity index (χ4n) is 3.26. The van der Waals surface area contributed by atoms with E-state index in [0.29, 0.717) is 5.57 Å². The quantitative estimate of drug-likeness (QED) is 0.339. The van der Waals surface area contributed by atoms with Crippen molar-refractivity contribution in [1.29, 1.82) is 0 Å². The highest BCUT2D eigenvalue weighted by molar-refractivity contribution is 5.91. The van der Waals surface area contributed by atoms with Gasteiger partial charge in [-0.3, -0.25) is 0 Å². The topological polar surface area (TPSA) is 59.1 Å². The lowest BCUT2D eigenvalue weighted by molar-refractivity contribution is -0.140. The normalized spacial score (nSPS) is 42.0. The van der Waals surface area contributed by atoms with Crippen LogP contribution in [0.3, 0.4) is 0 Å². The maximum absolute atomic E-state index is 11.7. The van der Waals surface area contributed by atoms with Gasteiger partial charge in [-0.25, -0.2) is 4.79 Å². The van der Waals surface area contributed by atoms with Crippen molar-refractivity contribution in [2.45, 2.75) is 50.4 Å². The zero-order valence-corrected chi connectivity index (χ0v) is 11.2. The lowest BCUT2D eigenvalue weighted by Crippen LogP contribution is -2.29. The van der Waals surface area contributed by atoms with Gasteiger partial charge in [-0.15, -0.1) is 0 Å². The molecule has 4 atom stereocenters. The predicted octanol–water partition coefficient (Wildman–Crippen LogP) is 1.73. The van der Waals surface area contributed by atoms with Crippen LogP contribution in [0.2, 0.25) is 0 Å². The number of aliphatic hydroxyl groups is 1. The molecule has 4 nitrogen and oxygen atoms in total. The van der Waals surface area contributed by atoms with Gasteiger partial charge in [0.25, 0.3) is 0 Å². The van der Waals surface area contributed by atoms with E-state index in [9.17, 15) is 9.90 Å². The molecule has 104 valence electrons. The van der Waals surface area contributed by atoms with Crippen LogP contribution in [0.15, 0.2) is 23.8 Å². The molecule has 0 spiro atoms. The van der Waals surface area contributed by atoms with E-state index in [4.69, 9.17) is 9.47 Å². The van der Waals surface area contributed by atoms with E-state index < -0.39 is 0 Å².